The van der Waals surface area contributed by atoms with Crippen LogP contribution in [0.15, 0.2) is 96.1 Å². The molecule has 1 heterocycles. The SMILES string of the molecule is C=C(OC=N)c1cc(C(=N)OC(=N)c2ccccc2)cc(-c2ncc(C3=CCC=CC=C3)o2)c1. The Kier molecular flexibility index (Phi) is 6.74. The number of hydrogen-bond acceptors (Lipinski definition) is 7. The molecule has 7 nitrogen and oxygen atoms in total. The molecule has 3 aromatic rings. The molecule has 1 aromatic heterocycles. The maximum atomic E-state index is 8.44. The van der Waals surface area contributed by atoms with E-state index in [0.717, 1.165) is 18.4 Å². The highest BCUT2D eigenvalue weighted by molar-refractivity contribution is 6.05. The van der Waals surface area contributed by atoms with Crippen LogP contribution in [0, 0.1) is 16.2 Å². The summed E-state index contributed by atoms with van der Waals surface area (Å²) in [5.41, 5.74) is 2.94. The van der Waals surface area contributed by atoms with Crippen molar-refractivity contribution < 1.29 is 13.9 Å². The van der Waals surface area contributed by atoms with Crippen molar-refractivity contribution in [3.8, 4) is 11.5 Å². The number of oxazole rings is 1. The zero-order valence-corrected chi connectivity index (χ0v) is 18.2. The van der Waals surface area contributed by atoms with E-state index in [0.29, 0.717) is 33.9 Å². The summed E-state index contributed by atoms with van der Waals surface area (Å²) in [4.78, 5) is 4.42. The molecule has 1 aliphatic rings. The first-order valence-electron chi connectivity index (χ1n) is 10.5. The van der Waals surface area contributed by atoms with Gasteiger partial charge in [0.1, 0.15) is 5.76 Å². The van der Waals surface area contributed by atoms with Gasteiger partial charge in [0, 0.05) is 27.8 Å². The maximum Gasteiger partial charge on any atom is 0.226 e. The van der Waals surface area contributed by atoms with Gasteiger partial charge in [-0.15, -0.1) is 0 Å². The average molecular weight is 450 g/mol. The highest BCUT2D eigenvalue weighted by Crippen LogP contribution is 2.29. The quantitative estimate of drug-likeness (QED) is 0.226. The van der Waals surface area contributed by atoms with Crippen molar-refractivity contribution >= 4 is 29.5 Å². The van der Waals surface area contributed by atoms with Crippen LogP contribution in [0.1, 0.15) is 28.9 Å². The van der Waals surface area contributed by atoms with Crippen LogP contribution in [-0.4, -0.2) is 23.2 Å². The Morgan fingerprint density at radius 3 is 2.56 bits per heavy atom. The standard InChI is InChI=1S/C27H22N4O3/c1-18(32-17-28)21-13-22(26(30)34-25(29)20-11-7-4-8-12-20)15-23(14-21)27-31-16-24(33-27)19-9-5-2-3-6-10-19/h2-5,7-17,28-30H,1,6H2. The summed E-state index contributed by atoms with van der Waals surface area (Å²) in [5, 5.41) is 23.8. The Morgan fingerprint density at radius 1 is 1.00 bits per heavy atom. The predicted octanol–water partition coefficient (Wildman–Crippen LogP) is 6.20. The predicted molar refractivity (Wildman–Crippen MR) is 133 cm³/mol. The van der Waals surface area contributed by atoms with Crippen LogP contribution in [0.4, 0.5) is 0 Å². The van der Waals surface area contributed by atoms with Gasteiger partial charge in [-0.2, -0.15) is 0 Å². The van der Waals surface area contributed by atoms with Crippen LogP contribution < -0.4 is 0 Å². The van der Waals surface area contributed by atoms with Crippen molar-refractivity contribution in [3.05, 3.63) is 114 Å². The molecule has 0 amide bonds. The first kappa shape index (κ1) is 22.4. The molecule has 1 aliphatic carbocycles. The molecule has 0 radical (unpaired) electrons. The van der Waals surface area contributed by atoms with Gasteiger partial charge in [-0.1, -0.05) is 55.2 Å². The molecule has 0 bridgehead atoms. The molecule has 2 aromatic carbocycles. The number of rotatable bonds is 7. The van der Waals surface area contributed by atoms with Gasteiger partial charge in [0.25, 0.3) is 0 Å². The fourth-order valence-electron chi connectivity index (χ4n) is 3.29. The number of nitrogens with zero attached hydrogens (tertiary/aromatic N) is 1. The summed E-state index contributed by atoms with van der Waals surface area (Å²) >= 11 is 0. The van der Waals surface area contributed by atoms with E-state index in [1.165, 1.54) is 0 Å². The minimum atomic E-state index is -0.230. The lowest BCUT2D eigenvalue weighted by Crippen LogP contribution is -2.13. The first-order chi connectivity index (χ1) is 16.5. The molecular formula is C27H22N4O3. The summed E-state index contributed by atoms with van der Waals surface area (Å²) in [7, 11) is 0. The molecule has 0 saturated heterocycles. The number of aromatic nitrogens is 1. The Labute approximate surface area is 196 Å². The van der Waals surface area contributed by atoms with E-state index in [1.54, 1.807) is 48.7 Å². The maximum absolute atomic E-state index is 8.44. The monoisotopic (exact) mass is 450 g/mol. The summed E-state index contributed by atoms with van der Waals surface area (Å²) in [6, 6.07) is 14.0. The Morgan fingerprint density at radius 2 is 1.76 bits per heavy atom. The normalized spacial score (nSPS) is 12.4. The lowest BCUT2D eigenvalue weighted by molar-refractivity contribution is 0.527. The average Bonchev–Trinajstić information content (AvgIpc) is 3.20. The second kappa shape index (κ2) is 10.2. The Balaban J connectivity index is 1.67. The van der Waals surface area contributed by atoms with Gasteiger partial charge in [-0.05, 0) is 36.8 Å². The van der Waals surface area contributed by atoms with Gasteiger partial charge in [0.15, 0.2) is 12.2 Å². The van der Waals surface area contributed by atoms with E-state index in [4.69, 9.17) is 30.1 Å². The molecule has 0 saturated carbocycles. The van der Waals surface area contributed by atoms with Gasteiger partial charge >= 0.3 is 0 Å². The van der Waals surface area contributed by atoms with Crippen molar-refractivity contribution in [1.29, 1.82) is 16.2 Å². The third-order valence-corrected chi connectivity index (χ3v) is 4.99. The van der Waals surface area contributed by atoms with Crippen LogP contribution in [0.5, 0.6) is 0 Å². The summed E-state index contributed by atoms with van der Waals surface area (Å²) < 4.78 is 16.7. The van der Waals surface area contributed by atoms with Crippen molar-refractivity contribution in [2.75, 3.05) is 0 Å². The highest BCUT2D eigenvalue weighted by Gasteiger charge is 2.16. The van der Waals surface area contributed by atoms with Gasteiger partial charge in [-0.25, -0.2) is 4.98 Å². The Bertz CT molecular complexity index is 1350. The molecule has 0 atom stereocenters. The third kappa shape index (κ3) is 5.16. The smallest absolute Gasteiger partial charge is 0.226 e. The Hall–Kier alpha value is -4.78. The molecule has 7 heteroatoms. The van der Waals surface area contributed by atoms with Crippen LogP contribution in [0.2, 0.25) is 0 Å². The van der Waals surface area contributed by atoms with Crippen LogP contribution >= 0.6 is 0 Å². The van der Waals surface area contributed by atoms with Gasteiger partial charge in [0.2, 0.25) is 17.7 Å². The van der Waals surface area contributed by atoms with Crippen LogP contribution in [-0.2, 0) is 9.47 Å². The number of hydrogen-bond donors (Lipinski definition) is 3. The zero-order chi connectivity index (χ0) is 23.9. The lowest BCUT2D eigenvalue weighted by Gasteiger charge is -2.12. The van der Waals surface area contributed by atoms with Crippen molar-refractivity contribution in [2.24, 2.45) is 0 Å². The van der Waals surface area contributed by atoms with Gasteiger partial charge in [-0.3, -0.25) is 16.2 Å². The van der Waals surface area contributed by atoms with Crippen molar-refractivity contribution in [1.82, 2.24) is 4.98 Å². The molecule has 0 unspecified atom stereocenters. The van der Waals surface area contributed by atoms with Crippen molar-refractivity contribution in [2.45, 2.75) is 6.42 Å². The largest absolute Gasteiger partial charge is 0.446 e. The fraction of sp³-hybridized carbons (Fsp3) is 0.0370. The van der Waals surface area contributed by atoms with Gasteiger partial charge < -0.3 is 13.9 Å². The zero-order valence-electron chi connectivity index (χ0n) is 18.2. The second-order valence-corrected chi connectivity index (χ2v) is 7.30. The molecule has 4 rings (SSSR count). The van der Waals surface area contributed by atoms with Crippen molar-refractivity contribution in [3.63, 3.8) is 0 Å². The van der Waals surface area contributed by atoms with Crippen LogP contribution in [0.25, 0.3) is 22.8 Å². The summed E-state index contributed by atoms with van der Waals surface area (Å²) in [6.45, 7) is 3.84. The fourth-order valence-corrected chi connectivity index (χ4v) is 3.29. The minimum absolute atomic E-state index is 0.147. The molecule has 0 aliphatic heterocycles. The third-order valence-electron chi connectivity index (χ3n) is 4.99. The van der Waals surface area contributed by atoms with Crippen LogP contribution in [0.3, 0.4) is 0 Å². The molecule has 0 spiro atoms. The number of nitrogens with one attached hydrogen (secondary N) is 3. The molecule has 34 heavy (non-hydrogen) atoms. The summed E-state index contributed by atoms with van der Waals surface area (Å²) in [5.74, 6) is 0.807. The number of ether oxygens (including phenoxy) is 2. The molecule has 0 fully saturated rings. The molecular weight excluding hydrogens is 428 g/mol. The van der Waals surface area contributed by atoms with E-state index >= 15 is 0 Å². The number of allylic oxidation sites excluding steroid dienone is 6. The van der Waals surface area contributed by atoms with E-state index in [1.807, 2.05) is 36.4 Å². The minimum Gasteiger partial charge on any atom is -0.446 e. The topological polar surface area (TPSA) is 116 Å². The highest BCUT2D eigenvalue weighted by atomic mass is 16.5. The first-order valence-corrected chi connectivity index (χ1v) is 10.5. The molecule has 168 valence electrons. The van der Waals surface area contributed by atoms with E-state index < -0.39 is 0 Å². The van der Waals surface area contributed by atoms with Gasteiger partial charge in [0.05, 0.1) is 6.20 Å². The van der Waals surface area contributed by atoms with E-state index in [2.05, 4.69) is 11.6 Å². The molecule has 3 N–H and O–H groups in total. The number of benzene rings is 2. The summed E-state index contributed by atoms with van der Waals surface area (Å²) in [6.07, 6.45) is 13.2. The van der Waals surface area contributed by atoms with E-state index in [-0.39, 0.29) is 17.6 Å². The lowest BCUT2D eigenvalue weighted by atomic mass is 10.0. The second-order valence-electron chi connectivity index (χ2n) is 7.30. The van der Waals surface area contributed by atoms with E-state index in [9.17, 15) is 0 Å².